The van der Waals surface area contributed by atoms with Gasteiger partial charge in [0.25, 0.3) is 0 Å². The standard InChI is InChI=1S/C14H20N4O/c1-11(2)16-8-4-6-14-17-13(18-19-14)9-12-5-3-7-15-10-12/h3,5,7,10-11,16H,4,6,8-9H2,1-2H3. The highest BCUT2D eigenvalue weighted by Gasteiger charge is 2.07. The molecule has 102 valence electrons. The monoisotopic (exact) mass is 260 g/mol. The summed E-state index contributed by atoms with van der Waals surface area (Å²) in [5, 5.41) is 7.36. The van der Waals surface area contributed by atoms with Crippen LogP contribution in [-0.4, -0.2) is 27.7 Å². The van der Waals surface area contributed by atoms with Crippen LogP contribution in [0.2, 0.25) is 0 Å². The minimum Gasteiger partial charge on any atom is -0.339 e. The summed E-state index contributed by atoms with van der Waals surface area (Å²) in [7, 11) is 0. The van der Waals surface area contributed by atoms with Crippen molar-refractivity contribution in [3.63, 3.8) is 0 Å². The maximum absolute atomic E-state index is 5.23. The number of hydrogen-bond donors (Lipinski definition) is 1. The highest BCUT2D eigenvalue weighted by atomic mass is 16.5. The van der Waals surface area contributed by atoms with Crippen molar-refractivity contribution >= 4 is 0 Å². The number of nitrogens with one attached hydrogen (secondary N) is 1. The van der Waals surface area contributed by atoms with E-state index < -0.39 is 0 Å². The summed E-state index contributed by atoms with van der Waals surface area (Å²) >= 11 is 0. The highest BCUT2D eigenvalue weighted by Crippen LogP contribution is 2.06. The van der Waals surface area contributed by atoms with Crippen molar-refractivity contribution in [2.45, 2.75) is 39.2 Å². The van der Waals surface area contributed by atoms with Crippen LogP contribution in [0.3, 0.4) is 0 Å². The van der Waals surface area contributed by atoms with Crippen LogP contribution in [0.5, 0.6) is 0 Å². The lowest BCUT2D eigenvalue weighted by molar-refractivity contribution is 0.369. The van der Waals surface area contributed by atoms with Crippen LogP contribution in [-0.2, 0) is 12.8 Å². The van der Waals surface area contributed by atoms with Crippen molar-refractivity contribution in [3.8, 4) is 0 Å². The maximum Gasteiger partial charge on any atom is 0.226 e. The molecule has 0 atom stereocenters. The lowest BCUT2D eigenvalue weighted by atomic mass is 10.2. The molecule has 0 radical (unpaired) electrons. The van der Waals surface area contributed by atoms with Crippen molar-refractivity contribution in [3.05, 3.63) is 41.8 Å². The van der Waals surface area contributed by atoms with E-state index in [2.05, 4.69) is 34.3 Å². The van der Waals surface area contributed by atoms with Gasteiger partial charge >= 0.3 is 0 Å². The Morgan fingerprint density at radius 2 is 2.26 bits per heavy atom. The van der Waals surface area contributed by atoms with Crippen LogP contribution >= 0.6 is 0 Å². The first-order valence-corrected chi connectivity index (χ1v) is 6.68. The molecule has 1 N–H and O–H groups in total. The first kappa shape index (κ1) is 13.7. The van der Waals surface area contributed by atoms with Crippen LogP contribution < -0.4 is 5.32 Å². The molecule has 0 saturated heterocycles. The molecule has 0 bridgehead atoms. The van der Waals surface area contributed by atoms with Gasteiger partial charge in [-0.25, -0.2) is 0 Å². The molecule has 2 rings (SSSR count). The lowest BCUT2D eigenvalue weighted by Gasteiger charge is -2.05. The number of hydrogen-bond acceptors (Lipinski definition) is 5. The summed E-state index contributed by atoms with van der Waals surface area (Å²) < 4.78 is 5.23. The number of aryl methyl sites for hydroxylation is 1. The van der Waals surface area contributed by atoms with E-state index >= 15 is 0 Å². The molecule has 0 saturated carbocycles. The van der Waals surface area contributed by atoms with Gasteiger partial charge < -0.3 is 9.84 Å². The smallest absolute Gasteiger partial charge is 0.226 e. The normalized spacial score (nSPS) is 11.1. The molecule has 0 aliphatic heterocycles. The van der Waals surface area contributed by atoms with Crippen molar-refractivity contribution < 1.29 is 4.52 Å². The minimum absolute atomic E-state index is 0.517. The second kappa shape index (κ2) is 6.99. The molecule has 5 nitrogen and oxygen atoms in total. The van der Waals surface area contributed by atoms with E-state index in [4.69, 9.17) is 4.52 Å². The Kier molecular flexibility index (Phi) is 5.03. The predicted molar refractivity (Wildman–Crippen MR) is 72.8 cm³/mol. The molecule has 0 fully saturated rings. The predicted octanol–water partition coefficient (Wildman–Crippen LogP) is 1.99. The molecule has 0 aromatic carbocycles. The van der Waals surface area contributed by atoms with Gasteiger partial charge in [0.1, 0.15) is 0 Å². The number of aromatic nitrogens is 3. The fourth-order valence-corrected chi connectivity index (χ4v) is 1.78. The summed E-state index contributed by atoms with van der Waals surface area (Å²) in [6.07, 6.45) is 6.07. The molecule has 2 aromatic rings. The average molecular weight is 260 g/mol. The molecule has 0 spiro atoms. The molecule has 0 aliphatic rings. The largest absolute Gasteiger partial charge is 0.339 e. The summed E-state index contributed by atoms with van der Waals surface area (Å²) in [5.41, 5.74) is 1.09. The molecule has 0 amide bonds. The van der Waals surface area contributed by atoms with Crippen LogP contribution in [0.1, 0.15) is 37.5 Å². The van der Waals surface area contributed by atoms with Crippen LogP contribution in [0.4, 0.5) is 0 Å². The van der Waals surface area contributed by atoms with Gasteiger partial charge in [-0.3, -0.25) is 4.98 Å². The Morgan fingerprint density at radius 1 is 1.37 bits per heavy atom. The van der Waals surface area contributed by atoms with Gasteiger partial charge in [-0.05, 0) is 24.6 Å². The van der Waals surface area contributed by atoms with Gasteiger partial charge in [0.05, 0.1) is 0 Å². The molecule has 19 heavy (non-hydrogen) atoms. The minimum atomic E-state index is 0.517. The third kappa shape index (κ3) is 4.79. The fraction of sp³-hybridized carbons (Fsp3) is 0.500. The topological polar surface area (TPSA) is 63.8 Å². The Bertz CT molecular complexity index is 481. The summed E-state index contributed by atoms with van der Waals surface area (Å²) in [6, 6.07) is 4.44. The first-order chi connectivity index (χ1) is 9.24. The van der Waals surface area contributed by atoms with Crippen LogP contribution in [0, 0.1) is 0 Å². The fourth-order valence-electron chi connectivity index (χ4n) is 1.78. The van der Waals surface area contributed by atoms with E-state index in [1.807, 2.05) is 18.3 Å². The van der Waals surface area contributed by atoms with E-state index in [0.29, 0.717) is 18.4 Å². The average Bonchev–Trinajstić information content (AvgIpc) is 2.83. The Balaban J connectivity index is 1.79. The highest BCUT2D eigenvalue weighted by molar-refractivity contribution is 5.13. The Hall–Kier alpha value is -1.75. The molecule has 0 unspecified atom stereocenters. The van der Waals surface area contributed by atoms with Gasteiger partial charge in [0, 0.05) is 31.3 Å². The third-order valence-electron chi connectivity index (χ3n) is 2.72. The lowest BCUT2D eigenvalue weighted by Crippen LogP contribution is -2.23. The molecule has 5 heteroatoms. The molecule has 0 aliphatic carbocycles. The van der Waals surface area contributed by atoms with Gasteiger partial charge in [-0.1, -0.05) is 25.1 Å². The van der Waals surface area contributed by atoms with Gasteiger partial charge in [0.2, 0.25) is 5.89 Å². The second-order valence-electron chi connectivity index (χ2n) is 4.85. The number of pyridine rings is 1. The number of rotatable bonds is 7. The van der Waals surface area contributed by atoms with Crippen molar-refractivity contribution in [1.82, 2.24) is 20.4 Å². The van der Waals surface area contributed by atoms with E-state index in [-0.39, 0.29) is 0 Å². The SMILES string of the molecule is CC(C)NCCCc1nc(Cc2cccnc2)no1. The summed E-state index contributed by atoms with van der Waals surface area (Å²) in [6.45, 7) is 5.25. The molecular formula is C14H20N4O. The van der Waals surface area contributed by atoms with Gasteiger partial charge in [0.15, 0.2) is 5.82 Å². The van der Waals surface area contributed by atoms with E-state index in [0.717, 1.165) is 30.8 Å². The van der Waals surface area contributed by atoms with E-state index in [9.17, 15) is 0 Å². The van der Waals surface area contributed by atoms with E-state index in [1.165, 1.54) is 0 Å². The third-order valence-corrected chi connectivity index (χ3v) is 2.72. The Morgan fingerprint density at radius 3 is 3.00 bits per heavy atom. The summed E-state index contributed by atoms with van der Waals surface area (Å²) in [5.74, 6) is 1.43. The van der Waals surface area contributed by atoms with Crippen molar-refractivity contribution in [2.24, 2.45) is 0 Å². The van der Waals surface area contributed by atoms with Gasteiger partial charge in [-0.2, -0.15) is 4.98 Å². The maximum atomic E-state index is 5.23. The van der Waals surface area contributed by atoms with Crippen LogP contribution in [0.15, 0.2) is 29.0 Å². The molecular weight excluding hydrogens is 240 g/mol. The summed E-state index contributed by atoms with van der Waals surface area (Å²) in [4.78, 5) is 8.46. The zero-order valence-electron chi connectivity index (χ0n) is 11.5. The molecule has 2 aromatic heterocycles. The number of nitrogens with zero attached hydrogens (tertiary/aromatic N) is 3. The molecule has 2 heterocycles. The first-order valence-electron chi connectivity index (χ1n) is 6.68. The quantitative estimate of drug-likeness (QED) is 0.771. The van der Waals surface area contributed by atoms with Crippen molar-refractivity contribution in [1.29, 1.82) is 0 Å². The van der Waals surface area contributed by atoms with E-state index in [1.54, 1.807) is 6.20 Å². The van der Waals surface area contributed by atoms with Crippen molar-refractivity contribution in [2.75, 3.05) is 6.54 Å². The second-order valence-corrected chi connectivity index (χ2v) is 4.85. The zero-order chi connectivity index (χ0) is 13.5. The zero-order valence-corrected chi connectivity index (χ0v) is 11.5. The van der Waals surface area contributed by atoms with Crippen LogP contribution in [0.25, 0.3) is 0 Å². The Labute approximate surface area is 113 Å². The van der Waals surface area contributed by atoms with Gasteiger partial charge in [-0.15, -0.1) is 0 Å².